The first-order valence-corrected chi connectivity index (χ1v) is 7.39. The Labute approximate surface area is 125 Å². The first-order chi connectivity index (χ1) is 9.49. The van der Waals surface area contributed by atoms with E-state index in [0.717, 1.165) is 18.8 Å². The van der Waals surface area contributed by atoms with Gasteiger partial charge in [0, 0.05) is 18.7 Å². The average Bonchev–Trinajstić information content (AvgIpc) is 2.47. The monoisotopic (exact) mass is 295 g/mol. The van der Waals surface area contributed by atoms with Crippen molar-refractivity contribution in [2.45, 2.75) is 33.1 Å². The Bertz CT molecular complexity index is 508. The third kappa shape index (κ3) is 3.01. The van der Waals surface area contributed by atoms with E-state index in [0.29, 0.717) is 16.0 Å². The lowest BCUT2D eigenvalue weighted by Crippen LogP contribution is -2.38. The molecule has 5 heteroatoms. The minimum Gasteiger partial charge on any atom is -0.409 e. The number of halogens is 1. The maximum absolute atomic E-state index is 8.69. The third-order valence-electron chi connectivity index (χ3n) is 4.52. The lowest BCUT2D eigenvalue weighted by atomic mass is 9.78. The highest BCUT2D eigenvalue weighted by Gasteiger charge is 2.28. The lowest BCUT2D eigenvalue weighted by Gasteiger charge is -2.40. The molecular weight excluding hydrogens is 274 g/mol. The van der Waals surface area contributed by atoms with Gasteiger partial charge in [0.05, 0.1) is 10.7 Å². The van der Waals surface area contributed by atoms with E-state index in [1.807, 2.05) is 12.1 Å². The smallest absolute Gasteiger partial charge is 0.170 e. The molecule has 2 rings (SSSR count). The topological polar surface area (TPSA) is 61.8 Å². The molecule has 1 aromatic carbocycles. The molecule has 20 heavy (non-hydrogen) atoms. The predicted octanol–water partition coefficient (Wildman–Crippen LogP) is 3.45. The zero-order valence-electron chi connectivity index (χ0n) is 12.1. The van der Waals surface area contributed by atoms with Gasteiger partial charge in [-0.05, 0) is 36.5 Å². The molecule has 110 valence electrons. The number of benzene rings is 1. The molecule has 3 N–H and O–H groups in total. The molecule has 1 heterocycles. The second kappa shape index (κ2) is 5.92. The summed E-state index contributed by atoms with van der Waals surface area (Å²) in [6.07, 6.45) is 3.58. The van der Waals surface area contributed by atoms with Crippen molar-refractivity contribution in [3.05, 3.63) is 28.8 Å². The predicted molar refractivity (Wildman–Crippen MR) is 83.8 cm³/mol. The number of anilines is 1. The van der Waals surface area contributed by atoms with Crippen molar-refractivity contribution in [2.75, 3.05) is 18.0 Å². The molecular formula is C15H22ClN3O. The van der Waals surface area contributed by atoms with E-state index in [9.17, 15) is 0 Å². The van der Waals surface area contributed by atoms with Crippen LogP contribution < -0.4 is 10.6 Å². The zero-order valence-corrected chi connectivity index (χ0v) is 12.8. The molecule has 0 aliphatic carbocycles. The molecule has 1 fully saturated rings. The summed E-state index contributed by atoms with van der Waals surface area (Å²) in [5, 5.41) is 12.3. The Kier molecular flexibility index (Phi) is 4.43. The second-order valence-electron chi connectivity index (χ2n) is 5.80. The summed E-state index contributed by atoms with van der Waals surface area (Å²) in [7, 11) is 0. The molecule has 0 amide bonds. The van der Waals surface area contributed by atoms with Crippen molar-refractivity contribution in [3.63, 3.8) is 0 Å². The van der Waals surface area contributed by atoms with E-state index in [2.05, 4.69) is 23.9 Å². The van der Waals surface area contributed by atoms with Crippen LogP contribution in [0.25, 0.3) is 0 Å². The Morgan fingerprint density at radius 1 is 1.45 bits per heavy atom. The van der Waals surface area contributed by atoms with Crippen molar-refractivity contribution in [1.82, 2.24) is 0 Å². The number of hydrogen-bond donors (Lipinski definition) is 2. The Morgan fingerprint density at radius 3 is 2.60 bits per heavy atom. The summed E-state index contributed by atoms with van der Waals surface area (Å²) >= 11 is 6.33. The van der Waals surface area contributed by atoms with Crippen LogP contribution >= 0.6 is 11.6 Å². The molecule has 0 atom stereocenters. The minimum atomic E-state index is 0.0793. The van der Waals surface area contributed by atoms with Crippen LogP contribution in [0.15, 0.2) is 23.4 Å². The third-order valence-corrected chi connectivity index (χ3v) is 4.82. The van der Waals surface area contributed by atoms with Gasteiger partial charge in [-0.15, -0.1) is 0 Å². The quantitative estimate of drug-likeness (QED) is 0.388. The van der Waals surface area contributed by atoms with Gasteiger partial charge in [0.25, 0.3) is 0 Å². The highest BCUT2D eigenvalue weighted by atomic mass is 35.5. The molecule has 0 spiro atoms. The van der Waals surface area contributed by atoms with Gasteiger partial charge in [-0.25, -0.2) is 0 Å². The maximum Gasteiger partial charge on any atom is 0.170 e. The van der Waals surface area contributed by atoms with Gasteiger partial charge in [0.15, 0.2) is 5.84 Å². The van der Waals surface area contributed by atoms with E-state index in [-0.39, 0.29) is 5.84 Å². The number of oxime groups is 1. The maximum atomic E-state index is 8.69. The average molecular weight is 296 g/mol. The summed E-state index contributed by atoms with van der Waals surface area (Å²) in [6.45, 7) is 6.65. The molecule has 1 aliphatic heterocycles. The van der Waals surface area contributed by atoms with Crippen molar-refractivity contribution in [1.29, 1.82) is 0 Å². The van der Waals surface area contributed by atoms with Gasteiger partial charge in [-0.1, -0.05) is 37.0 Å². The summed E-state index contributed by atoms with van der Waals surface area (Å²) < 4.78 is 0. The number of hydrogen-bond acceptors (Lipinski definition) is 3. The normalized spacial score (nSPS) is 19.1. The fourth-order valence-electron chi connectivity index (χ4n) is 2.62. The molecule has 1 saturated heterocycles. The Morgan fingerprint density at radius 2 is 2.10 bits per heavy atom. The van der Waals surface area contributed by atoms with Crippen molar-refractivity contribution < 1.29 is 5.21 Å². The van der Waals surface area contributed by atoms with Crippen LogP contribution in [0.1, 0.15) is 38.7 Å². The van der Waals surface area contributed by atoms with Crippen LogP contribution in [0.5, 0.6) is 0 Å². The van der Waals surface area contributed by atoms with E-state index in [1.165, 1.54) is 19.3 Å². The zero-order chi connectivity index (χ0) is 14.8. The summed E-state index contributed by atoms with van der Waals surface area (Å²) in [4.78, 5) is 2.32. The SMILES string of the molecule is CCC1(C)CCN(c2ccc(C(N)=NO)cc2Cl)CC1. The number of nitrogens with zero attached hydrogens (tertiary/aromatic N) is 2. The van der Waals surface area contributed by atoms with Gasteiger partial charge in [0.1, 0.15) is 0 Å². The molecule has 0 bridgehead atoms. The summed E-state index contributed by atoms with van der Waals surface area (Å²) in [5.74, 6) is 0.0793. The highest BCUT2D eigenvalue weighted by molar-refractivity contribution is 6.33. The molecule has 1 aliphatic rings. The van der Waals surface area contributed by atoms with Gasteiger partial charge in [-0.2, -0.15) is 0 Å². The Hall–Kier alpha value is -1.42. The highest BCUT2D eigenvalue weighted by Crippen LogP contribution is 2.37. The van der Waals surface area contributed by atoms with Crippen LogP contribution in [-0.4, -0.2) is 24.1 Å². The van der Waals surface area contributed by atoms with Crippen molar-refractivity contribution >= 4 is 23.1 Å². The van der Waals surface area contributed by atoms with Crippen molar-refractivity contribution in [2.24, 2.45) is 16.3 Å². The van der Waals surface area contributed by atoms with Crippen LogP contribution in [-0.2, 0) is 0 Å². The standard InChI is InChI=1S/C15H22ClN3O/c1-3-15(2)6-8-19(9-7-15)13-5-4-11(10-12(13)16)14(17)18-20/h4-5,10,20H,3,6-9H2,1-2H3,(H2,17,18). The van der Waals surface area contributed by atoms with Gasteiger partial charge in [0.2, 0.25) is 0 Å². The van der Waals surface area contributed by atoms with Crippen LogP contribution in [0, 0.1) is 5.41 Å². The first kappa shape index (κ1) is 15.0. The lowest BCUT2D eigenvalue weighted by molar-refractivity contribution is 0.238. The van der Waals surface area contributed by atoms with Crippen LogP contribution in [0.3, 0.4) is 0 Å². The second-order valence-corrected chi connectivity index (χ2v) is 6.21. The van der Waals surface area contributed by atoms with E-state index in [1.54, 1.807) is 6.07 Å². The van der Waals surface area contributed by atoms with E-state index >= 15 is 0 Å². The van der Waals surface area contributed by atoms with Gasteiger partial charge < -0.3 is 15.8 Å². The molecule has 1 aromatic rings. The molecule has 0 saturated carbocycles. The molecule has 0 aromatic heterocycles. The van der Waals surface area contributed by atoms with Crippen LogP contribution in [0.4, 0.5) is 5.69 Å². The number of nitrogens with two attached hydrogens (primary N) is 1. The molecule has 4 nitrogen and oxygen atoms in total. The van der Waals surface area contributed by atoms with Crippen LogP contribution in [0.2, 0.25) is 5.02 Å². The van der Waals surface area contributed by atoms with Gasteiger partial charge in [-0.3, -0.25) is 0 Å². The fourth-order valence-corrected chi connectivity index (χ4v) is 2.92. The molecule has 0 unspecified atom stereocenters. The first-order valence-electron chi connectivity index (χ1n) is 7.01. The number of piperidine rings is 1. The van der Waals surface area contributed by atoms with Gasteiger partial charge >= 0.3 is 0 Å². The summed E-state index contributed by atoms with van der Waals surface area (Å²) in [6, 6.07) is 5.54. The summed E-state index contributed by atoms with van der Waals surface area (Å²) in [5.41, 5.74) is 7.69. The largest absolute Gasteiger partial charge is 0.409 e. The molecule has 0 radical (unpaired) electrons. The number of rotatable bonds is 3. The minimum absolute atomic E-state index is 0.0793. The van der Waals surface area contributed by atoms with Crippen molar-refractivity contribution in [3.8, 4) is 0 Å². The Balaban J connectivity index is 2.15. The number of amidine groups is 1. The van der Waals surface area contributed by atoms with E-state index in [4.69, 9.17) is 22.5 Å². The van der Waals surface area contributed by atoms with E-state index < -0.39 is 0 Å². The fraction of sp³-hybridized carbons (Fsp3) is 0.533.